The molecule has 1 aromatic heterocycles. The number of hydrogen-bond acceptors (Lipinski definition) is 3. The summed E-state index contributed by atoms with van der Waals surface area (Å²) in [7, 11) is 0. The molecule has 0 bridgehead atoms. The first kappa shape index (κ1) is 13.4. The van der Waals surface area contributed by atoms with E-state index in [1.54, 1.807) is 6.26 Å². The molecule has 0 aliphatic carbocycles. The first-order valence-corrected chi connectivity index (χ1v) is 6.29. The van der Waals surface area contributed by atoms with Gasteiger partial charge in [0.05, 0.1) is 19.4 Å². The second-order valence-corrected chi connectivity index (χ2v) is 4.45. The van der Waals surface area contributed by atoms with E-state index in [1.807, 2.05) is 37.3 Å². The van der Waals surface area contributed by atoms with Crippen LogP contribution >= 0.6 is 0 Å². The number of benzene rings is 1. The lowest BCUT2D eigenvalue weighted by molar-refractivity contribution is -0.120. The lowest BCUT2D eigenvalue weighted by Gasteiger charge is -2.06. The van der Waals surface area contributed by atoms with E-state index in [1.165, 1.54) is 5.56 Å². The highest BCUT2D eigenvalue weighted by molar-refractivity contribution is 5.77. The number of aryl methyl sites for hydroxylation is 1. The predicted octanol–water partition coefficient (Wildman–Crippen LogP) is 1.99. The SMILES string of the molecule is Cc1cccc(CNC(=O)CNCc2ccco2)c1. The van der Waals surface area contributed by atoms with Gasteiger partial charge in [-0.3, -0.25) is 4.79 Å². The van der Waals surface area contributed by atoms with Crippen LogP contribution in [-0.2, 0) is 17.9 Å². The second-order valence-electron chi connectivity index (χ2n) is 4.45. The standard InChI is InChI=1S/C15H18N2O2/c1-12-4-2-5-13(8-12)9-17-15(18)11-16-10-14-6-3-7-19-14/h2-8,16H,9-11H2,1H3,(H,17,18). The van der Waals surface area contributed by atoms with Crippen molar-refractivity contribution in [3.8, 4) is 0 Å². The lowest BCUT2D eigenvalue weighted by Crippen LogP contribution is -2.33. The summed E-state index contributed by atoms with van der Waals surface area (Å²) >= 11 is 0. The van der Waals surface area contributed by atoms with E-state index < -0.39 is 0 Å². The van der Waals surface area contributed by atoms with Gasteiger partial charge < -0.3 is 15.1 Å². The third kappa shape index (κ3) is 4.60. The van der Waals surface area contributed by atoms with Gasteiger partial charge in [0, 0.05) is 6.54 Å². The van der Waals surface area contributed by atoms with Crippen LogP contribution < -0.4 is 10.6 Å². The van der Waals surface area contributed by atoms with Gasteiger partial charge in [-0.25, -0.2) is 0 Å². The molecule has 4 heteroatoms. The average Bonchev–Trinajstić information content (AvgIpc) is 2.90. The molecular weight excluding hydrogens is 240 g/mol. The molecule has 0 aliphatic heterocycles. The molecular formula is C15H18N2O2. The molecule has 0 radical (unpaired) electrons. The molecule has 4 nitrogen and oxygen atoms in total. The van der Waals surface area contributed by atoms with Crippen molar-refractivity contribution < 1.29 is 9.21 Å². The molecule has 19 heavy (non-hydrogen) atoms. The fourth-order valence-electron chi connectivity index (χ4n) is 1.80. The Hall–Kier alpha value is -2.07. The van der Waals surface area contributed by atoms with Crippen molar-refractivity contribution in [2.75, 3.05) is 6.54 Å². The van der Waals surface area contributed by atoms with Crippen molar-refractivity contribution in [3.63, 3.8) is 0 Å². The highest BCUT2D eigenvalue weighted by Gasteiger charge is 2.02. The molecule has 1 heterocycles. The van der Waals surface area contributed by atoms with E-state index in [-0.39, 0.29) is 12.5 Å². The largest absolute Gasteiger partial charge is 0.468 e. The van der Waals surface area contributed by atoms with E-state index in [9.17, 15) is 4.79 Å². The van der Waals surface area contributed by atoms with Crippen molar-refractivity contribution in [2.45, 2.75) is 20.0 Å². The molecule has 0 saturated carbocycles. The van der Waals surface area contributed by atoms with Crippen LogP contribution in [0.3, 0.4) is 0 Å². The van der Waals surface area contributed by atoms with Crippen LogP contribution in [0.2, 0.25) is 0 Å². The lowest BCUT2D eigenvalue weighted by atomic mass is 10.1. The normalized spacial score (nSPS) is 10.4. The molecule has 100 valence electrons. The summed E-state index contributed by atoms with van der Waals surface area (Å²) in [6, 6.07) is 11.8. The Morgan fingerprint density at radius 2 is 2.11 bits per heavy atom. The molecule has 0 atom stereocenters. The van der Waals surface area contributed by atoms with Crippen LogP contribution in [0.1, 0.15) is 16.9 Å². The monoisotopic (exact) mass is 258 g/mol. The summed E-state index contributed by atoms with van der Waals surface area (Å²) in [5.41, 5.74) is 2.31. The van der Waals surface area contributed by atoms with Crippen molar-refractivity contribution in [1.82, 2.24) is 10.6 Å². The molecule has 2 aromatic rings. The maximum Gasteiger partial charge on any atom is 0.234 e. The van der Waals surface area contributed by atoms with Crippen LogP contribution in [0.25, 0.3) is 0 Å². The quantitative estimate of drug-likeness (QED) is 0.833. The van der Waals surface area contributed by atoms with E-state index in [4.69, 9.17) is 4.42 Å². The molecule has 0 aliphatic rings. The number of carbonyl (C=O) groups is 1. The van der Waals surface area contributed by atoms with Gasteiger partial charge >= 0.3 is 0 Å². The Kier molecular flexibility index (Phi) is 4.75. The van der Waals surface area contributed by atoms with Crippen LogP contribution in [0.5, 0.6) is 0 Å². The summed E-state index contributed by atoms with van der Waals surface area (Å²) < 4.78 is 5.16. The maximum absolute atomic E-state index is 11.6. The summed E-state index contributed by atoms with van der Waals surface area (Å²) in [5, 5.41) is 5.90. The number of hydrogen-bond donors (Lipinski definition) is 2. The van der Waals surface area contributed by atoms with Crippen molar-refractivity contribution in [2.24, 2.45) is 0 Å². The Bertz CT molecular complexity index is 521. The zero-order valence-electron chi connectivity index (χ0n) is 11.0. The third-order valence-corrected chi connectivity index (χ3v) is 2.74. The number of amides is 1. The molecule has 0 fully saturated rings. The van der Waals surface area contributed by atoms with Crippen LogP contribution in [-0.4, -0.2) is 12.5 Å². The fraction of sp³-hybridized carbons (Fsp3) is 0.267. The van der Waals surface area contributed by atoms with E-state index >= 15 is 0 Å². The van der Waals surface area contributed by atoms with Gasteiger partial charge in [-0.2, -0.15) is 0 Å². The van der Waals surface area contributed by atoms with Crippen LogP contribution in [0.4, 0.5) is 0 Å². The highest BCUT2D eigenvalue weighted by Crippen LogP contribution is 2.03. The van der Waals surface area contributed by atoms with E-state index in [0.717, 1.165) is 11.3 Å². The average molecular weight is 258 g/mol. The van der Waals surface area contributed by atoms with Crippen molar-refractivity contribution >= 4 is 5.91 Å². The molecule has 0 spiro atoms. The van der Waals surface area contributed by atoms with Crippen molar-refractivity contribution in [1.29, 1.82) is 0 Å². The topological polar surface area (TPSA) is 54.3 Å². The Balaban J connectivity index is 1.67. The van der Waals surface area contributed by atoms with Crippen LogP contribution in [0.15, 0.2) is 47.1 Å². The molecule has 1 aromatic carbocycles. The second kappa shape index (κ2) is 6.75. The highest BCUT2D eigenvalue weighted by atomic mass is 16.3. The zero-order chi connectivity index (χ0) is 13.5. The zero-order valence-corrected chi connectivity index (χ0v) is 11.0. The summed E-state index contributed by atoms with van der Waals surface area (Å²) in [6.07, 6.45) is 1.62. The van der Waals surface area contributed by atoms with Gasteiger partial charge in [-0.15, -0.1) is 0 Å². The van der Waals surface area contributed by atoms with Crippen LogP contribution in [0, 0.1) is 6.92 Å². The van der Waals surface area contributed by atoms with E-state index in [0.29, 0.717) is 13.1 Å². The molecule has 0 unspecified atom stereocenters. The maximum atomic E-state index is 11.6. The molecule has 1 amide bonds. The van der Waals surface area contributed by atoms with Gasteiger partial charge in [0.15, 0.2) is 0 Å². The molecule has 0 saturated heterocycles. The Labute approximate surface area is 112 Å². The summed E-state index contributed by atoms with van der Waals surface area (Å²) in [6.45, 7) is 3.44. The van der Waals surface area contributed by atoms with Gasteiger partial charge in [0.2, 0.25) is 5.91 Å². The number of furan rings is 1. The third-order valence-electron chi connectivity index (χ3n) is 2.74. The predicted molar refractivity (Wildman–Crippen MR) is 73.4 cm³/mol. The molecule has 2 N–H and O–H groups in total. The first-order chi connectivity index (χ1) is 9.24. The Morgan fingerprint density at radius 3 is 2.84 bits per heavy atom. The first-order valence-electron chi connectivity index (χ1n) is 6.29. The fourth-order valence-corrected chi connectivity index (χ4v) is 1.80. The smallest absolute Gasteiger partial charge is 0.234 e. The molecule has 2 rings (SSSR count). The number of carbonyl (C=O) groups excluding carboxylic acids is 1. The summed E-state index contributed by atoms with van der Waals surface area (Å²) in [4.78, 5) is 11.6. The van der Waals surface area contributed by atoms with Gasteiger partial charge in [0.1, 0.15) is 5.76 Å². The van der Waals surface area contributed by atoms with Gasteiger partial charge in [-0.1, -0.05) is 29.8 Å². The Morgan fingerprint density at radius 1 is 1.21 bits per heavy atom. The van der Waals surface area contributed by atoms with Gasteiger partial charge in [0.25, 0.3) is 0 Å². The van der Waals surface area contributed by atoms with E-state index in [2.05, 4.69) is 16.7 Å². The summed E-state index contributed by atoms with van der Waals surface area (Å²) in [5.74, 6) is 0.805. The number of rotatable bonds is 6. The van der Waals surface area contributed by atoms with Crippen molar-refractivity contribution in [3.05, 3.63) is 59.5 Å². The minimum absolute atomic E-state index is 0.0203. The number of nitrogens with one attached hydrogen (secondary N) is 2. The minimum Gasteiger partial charge on any atom is -0.468 e. The van der Waals surface area contributed by atoms with Gasteiger partial charge in [-0.05, 0) is 24.6 Å². The minimum atomic E-state index is -0.0203.